The monoisotopic (exact) mass is 413 g/mol. The highest BCUT2D eigenvalue weighted by molar-refractivity contribution is 7.98. The lowest BCUT2D eigenvalue weighted by atomic mass is 10.2. The van der Waals surface area contributed by atoms with Gasteiger partial charge in [-0.15, -0.1) is 10.2 Å². The van der Waals surface area contributed by atoms with Gasteiger partial charge in [-0.05, 0) is 29.8 Å². The predicted molar refractivity (Wildman–Crippen MR) is 103 cm³/mol. The molecule has 1 heterocycles. The van der Waals surface area contributed by atoms with Crippen molar-refractivity contribution in [1.82, 2.24) is 14.8 Å². The summed E-state index contributed by atoms with van der Waals surface area (Å²) >= 11 is 20.0. The van der Waals surface area contributed by atoms with E-state index in [1.54, 1.807) is 6.07 Å². The van der Waals surface area contributed by atoms with Crippen LogP contribution < -0.4 is 4.74 Å². The number of nitrogens with zero attached hydrogens (tertiary/aromatic N) is 3. The van der Waals surface area contributed by atoms with Crippen molar-refractivity contribution >= 4 is 46.6 Å². The van der Waals surface area contributed by atoms with E-state index in [0.29, 0.717) is 32.4 Å². The van der Waals surface area contributed by atoms with Gasteiger partial charge in [-0.3, -0.25) is 0 Å². The molecular weight excluding hydrogens is 401 g/mol. The van der Waals surface area contributed by atoms with Gasteiger partial charge < -0.3 is 9.30 Å². The van der Waals surface area contributed by atoms with E-state index in [4.69, 9.17) is 39.5 Å². The first-order valence-corrected chi connectivity index (χ1v) is 9.49. The molecule has 0 aliphatic heterocycles. The molecule has 3 aromatic rings. The Kier molecular flexibility index (Phi) is 6.12. The lowest BCUT2D eigenvalue weighted by Gasteiger charge is -2.08. The van der Waals surface area contributed by atoms with Gasteiger partial charge in [-0.25, -0.2) is 0 Å². The van der Waals surface area contributed by atoms with Gasteiger partial charge in [0.2, 0.25) is 0 Å². The fourth-order valence-corrected chi connectivity index (χ4v) is 3.97. The summed E-state index contributed by atoms with van der Waals surface area (Å²) in [6, 6.07) is 12.8. The Balaban J connectivity index is 1.66. The highest BCUT2D eigenvalue weighted by Gasteiger charge is 2.13. The Morgan fingerprint density at radius 1 is 0.960 bits per heavy atom. The number of aromatic nitrogens is 3. The molecule has 2 aromatic carbocycles. The first-order valence-electron chi connectivity index (χ1n) is 7.37. The van der Waals surface area contributed by atoms with E-state index in [-0.39, 0.29) is 6.61 Å². The molecule has 0 spiro atoms. The molecule has 1 aromatic heterocycles. The molecule has 0 unspecified atom stereocenters. The lowest BCUT2D eigenvalue weighted by Crippen LogP contribution is -2.04. The molecule has 0 amide bonds. The predicted octanol–water partition coefficient (Wildman–Crippen LogP) is 5.65. The fraction of sp³-hybridized carbons (Fsp3) is 0.176. The van der Waals surface area contributed by atoms with Crippen LogP contribution in [0.5, 0.6) is 5.75 Å². The molecular formula is C17H14Cl3N3OS. The smallest absolute Gasteiger partial charge is 0.191 e. The number of ether oxygens (including phenoxy) is 1. The van der Waals surface area contributed by atoms with Crippen LogP contribution in [0.25, 0.3) is 0 Å². The minimum absolute atomic E-state index is 0.278. The SMILES string of the molecule is Cn1c(COc2ccccc2Cl)nnc1SCc1c(Cl)cccc1Cl. The summed E-state index contributed by atoms with van der Waals surface area (Å²) in [5.74, 6) is 1.92. The largest absolute Gasteiger partial charge is 0.484 e. The van der Waals surface area contributed by atoms with Crippen LogP contribution in [0.15, 0.2) is 47.6 Å². The molecule has 0 saturated heterocycles. The third-order valence-corrected chi connectivity index (χ3v) is 5.59. The zero-order valence-electron chi connectivity index (χ0n) is 13.2. The van der Waals surface area contributed by atoms with Gasteiger partial charge in [0.15, 0.2) is 11.0 Å². The van der Waals surface area contributed by atoms with Gasteiger partial charge in [0.1, 0.15) is 12.4 Å². The van der Waals surface area contributed by atoms with Crippen LogP contribution in [0.4, 0.5) is 0 Å². The van der Waals surface area contributed by atoms with Crippen molar-refractivity contribution in [1.29, 1.82) is 0 Å². The van der Waals surface area contributed by atoms with Gasteiger partial charge >= 0.3 is 0 Å². The first kappa shape index (κ1) is 18.4. The van der Waals surface area contributed by atoms with Crippen LogP contribution >= 0.6 is 46.6 Å². The van der Waals surface area contributed by atoms with Gasteiger partial charge in [0.25, 0.3) is 0 Å². The minimum Gasteiger partial charge on any atom is -0.484 e. The molecule has 0 fully saturated rings. The molecule has 0 N–H and O–H groups in total. The van der Waals surface area contributed by atoms with Crippen LogP contribution in [0.1, 0.15) is 11.4 Å². The number of hydrogen-bond acceptors (Lipinski definition) is 4. The summed E-state index contributed by atoms with van der Waals surface area (Å²) in [7, 11) is 1.89. The van der Waals surface area contributed by atoms with E-state index in [9.17, 15) is 0 Å². The summed E-state index contributed by atoms with van der Waals surface area (Å²) in [6.07, 6.45) is 0. The van der Waals surface area contributed by atoms with Crippen molar-refractivity contribution in [2.24, 2.45) is 7.05 Å². The molecule has 8 heteroatoms. The van der Waals surface area contributed by atoms with Crippen LogP contribution in [-0.4, -0.2) is 14.8 Å². The number of rotatable bonds is 6. The van der Waals surface area contributed by atoms with E-state index < -0.39 is 0 Å². The molecule has 25 heavy (non-hydrogen) atoms. The molecule has 0 aliphatic rings. The summed E-state index contributed by atoms with van der Waals surface area (Å²) in [6.45, 7) is 0.278. The maximum atomic E-state index is 6.20. The standard InChI is InChI=1S/C17H14Cl3N3OS/c1-23-16(9-24-15-8-3-2-5-14(15)20)21-22-17(23)25-10-11-12(18)6-4-7-13(11)19/h2-8H,9-10H2,1H3. The average molecular weight is 415 g/mol. The average Bonchev–Trinajstić information content (AvgIpc) is 2.94. The van der Waals surface area contributed by atoms with Gasteiger partial charge in [0, 0.05) is 22.8 Å². The molecule has 0 bridgehead atoms. The highest BCUT2D eigenvalue weighted by atomic mass is 35.5. The zero-order chi connectivity index (χ0) is 17.8. The zero-order valence-corrected chi connectivity index (χ0v) is 16.3. The Morgan fingerprint density at radius 2 is 1.64 bits per heavy atom. The van der Waals surface area contributed by atoms with E-state index in [0.717, 1.165) is 10.7 Å². The fourth-order valence-electron chi connectivity index (χ4n) is 2.11. The van der Waals surface area contributed by atoms with Crippen LogP contribution in [0.2, 0.25) is 15.1 Å². The molecule has 3 rings (SSSR count). The maximum Gasteiger partial charge on any atom is 0.191 e. The van der Waals surface area contributed by atoms with Crippen LogP contribution in [0, 0.1) is 0 Å². The highest BCUT2D eigenvalue weighted by Crippen LogP contribution is 2.31. The van der Waals surface area contributed by atoms with Gasteiger partial charge in [-0.2, -0.15) is 0 Å². The second-order valence-corrected chi connectivity index (χ2v) is 7.33. The second-order valence-electron chi connectivity index (χ2n) is 5.17. The lowest BCUT2D eigenvalue weighted by molar-refractivity contribution is 0.290. The Hall–Kier alpha value is -1.40. The number of benzene rings is 2. The minimum atomic E-state index is 0.278. The number of hydrogen-bond donors (Lipinski definition) is 0. The molecule has 0 saturated carbocycles. The maximum absolute atomic E-state index is 6.20. The quantitative estimate of drug-likeness (QED) is 0.489. The molecule has 0 radical (unpaired) electrons. The number of halogens is 3. The summed E-state index contributed by atoms with van der Waals surface area (Å²) in [4.78, 5) is 0. The topological polar surface area (TPSA) is 39.9 Å². The third-order valence-electron chi connectivity index (χ3n) is 3.53. The van der Waals surface area contributed by atoms with Crippen molar-refractivity contribution in [3.05, 3.63) is 68.9 Å². The normalized spacial score (nSPS) is 10.9. The molecule has 0 aliphatic carbocycles. The van der Waals surface area contributed by atoms with Crippen LogP contribution in [-0.2, 0) is 19.4 Å². The number of thioether (sulfide) groups is 1. The van der Waals surface area contributed by atoms with Crippen molar-refractivity contribution in [2.75, 3.05) is 0 Å². The van der Waals surface area contributed by atoms with Crippen LogP contribution in [0.3, 0.4) is 0 Å². The van der Waals surface area contributed by atoms with E-state index in [2.05, 4.69) is 10.2 Å². The van der Waals surface area contributed by atoms with Crippen molar-refractivity contribution in [3.63, 3.8) is 0 Å². The first-order chi connectivity index (χ1) is 12.1. The van der Waals surface area contributed by atoms with Crippen molar-refractivity contribution in [2.45, 2.75) is 17.5 Å². The van der Waals surface area contributed by atoms with E-state index in [1.807, 2.05) is 48.0 Å². The Labute approximate surface area is 165 Å². The molecule has 4 nitrogen and oxygen atoms in total. The van der Waals surface area contributed by atoms with E-state index in [1.165, 1.54) is 11.8 Å². The Morgan fingerprint density at radius 3 is 2.36 bits per heavy atom. The summed E-state index contributed by atoms with van der Waals surface area (Å²) in [5, 5.41) is 11.0. The third kappa shape index (κ3) is 4.42. The van der Waals surface area contributed by atoms with Gasteiger partial charge in [-0.1, -0.05) is 64.8 Å². The van der Waals surface area contributed by atoms with Crippen molar-refractivity contribution in [3.8, 4) is 5.75 Å². The Bertz CT molecular complexity index is 865. The van der Waals surface area contributed by atoms with Crippen molar-refractivity contribution < 1.29 is 4.74 Å². The molecule has 130 valence electrons. The molecule has 0 atom stereocenters. The van der Waals surface area contributed by atoms with E-state index >= 15 is 0 Å². The van der Waals surface area contributed by atoms with Gasteiger partial charge in [0.05, 0.1) is 5.02 Å². The summed E-state index contributed by atoms with van der Waals surface area (Å²) in [5.41, 5.74) is 0.882. The summed E-state index contributed by atoms with van der Waals surface area (Å²) < 4.78 is 7.59. The second kappa shape index (κ2) is 8.32. The number of para-hydroxylation sites is 1.